The molecule has 1 saturated heterocycles. The van der Waals surface area contributed by atoms with E-state index in [1.165, 1.54) is 17.3 Å². The van der Waals surface area contributed by atoms with Gasteiger partial charge in [-0.1, -0.05) is 0 Å². The number of hydrogen-bond acceptors (Lipinski definition) is 7. The first kappa shape index (κ1) is 23.2. The fourth-order valence-corrected chi connectivity index (χ4v) is 5.35. The van der Waals surface area contributed by atoms with Gasteiger partial charge in [0.1, 0.15) is 11.2 Å². The van der Waals surface area contributed by atoms with E-state index in [2.05, 4.69) is 21.0 Å². The molecule has 9 nitrogen and oxygen atoms in total. The number of aliphatic hydroxyl groups is 1. The van der Waals surface area contributed by atoms with Crippen molar-refractivity contribution in [2.75, 3.05) is 18.1 Å². The van der Waals surface area contributed by atoms with Crippen LogP contribution < -0.4 is 4.90 Å². The molecule has 1 aliphatic carbocycles. The fraction of sp³-hybridized carbons (Fsp3) is 0.480. The molecule has 10 heteroatoms. The van der Waals surface area contributed by atoms with Crippen molar-refractivity contribution in [3.8, 4) is 6.07 Å². The first-order chi connectivity index (χ1) is 16.7. The standard InChI is InChI=1S/C25H27FN6O3/c1-23(2,34)20-10-29-21(11-28-20)32-15-25(35-22(32)33)7-3-6-24(12-25,13-26)14-31-16-30-18-5-4-17(9-27)8-19(18)31/h4-5,8,10-11,16,34H,3,6-7,12-15H2,1-2H3/t24-,25-/m1/s1. The number of carbonyl (C=O) groups is 1. The zero-order valence-corrected chi connectivity index (χ0v) is 19.7. The maximum absolute atomic E-state index is 14.7. The molecule has 35 heavy (non-hydrogen) atoms. The number of fused-ring (bicyclic) bond motifs is 1. The number of anilines is 1. The van der Waals surface area contributed by atoms with Gasteiger partial charge in [0, 0.05) is 12.0 Å². The second-order valence-electron chi connectivity index (χ2n) is 10.3. The number of hydrogen-bond donors (Lipinski definition) is 1. The molecule has 2 aliphatic rings. The van der Waals surface area contributed by atoms with Crippen LogP contribution in [0.3, 0.4) is 0 Å². The number of rotatable bonds is 5. The van der Waals surface area contributed by atoms with Gasteiger partial charge in [0.25, 0.3) is 0 Å². The third kappa shape index (κ3) is 4.21. The van der Waals surface area contributed by atoms with E-state index in [9.17, 15) is 19.6 Å². The maximum atomic E-state index is 14.7. The quantitative estimate of drug-likeness (QED) is 0.592. The van der Waals surface area contributed by atoms with Gasteiger partial charge in [0.2, 0.25) is 0 Å². The van der Waals surface area contributed by atoms with Crippen LogP contribution in [0.15, 0.2) is 36.9 Å². The third-order valence-corrected chi connectivity index (χ3v) is 7.09. The molecule has 1 aliphatic heterocycles. The lowest BCUT2D eigenvalue weighted by Gasteiger charge is -2.43. The molecule has 2 fully saturated rings. The average Bonchev–Trinajstić information content (AvgIpc) is 3.38. The highest BCUT2D eigenvalue weighted by Gasteiger charge is 2.53. The second-order valence-corrected chi connectivity index (χ2v) is 10.3. The summed E-state index contributed by atoms with van der Waals surface area (Å²) < 4.78 is 22.5. The summed E-state index contributed by atoms with van der Waals surface area (Å²) in [7, 11) is 0. The summed E-state index contributed by atoms with van der Waals surface area (Å²) in [6.45, 7) is 3.28. The van der Waals surface area contributed by atoms with Crippen LogP contribution in [0.4, 0.5) is 15.0 Å². The zero-order valence-electron chi connectivity index (χ0n) is 19.7. The van der Waals surface area contributed by atoms with Crippen molar-refractivity contribution in [1.29, 1.82) is 5.26 Å². The summed E-state index contributed by atoms with van der Waals surface area (Å²) in [4.78, 5) is 27.2. The fourth-order valence-electron chi connectivity index (χ4n) is 5.35. The minimum Gasteiger partial charge on any atom is -0.441 e. The van der Waals surface area contributed by atoms with Gasteiger partial charge in [-0.15, -0.1) is 0 Å². The van der Waals surface area contributed by atoms with Crippen molar-refractivity contribution in [2.24, 2.45) is 5.41 Å². The summed E-state index contributed by atoms with van der Waals surface area (Å²) in [5.74, 6) is 0.334. The number of benzene rings is 1. The highest BCUT2D eigenvalue weighted by atomic mass is 19.1. The Hall–Kier alpha value is -3.58. The Labute approximate surface area is 202 Å². The van der Waals surface area contributed by atoms with Crippen molar-refractivity contribution in [1.82, 2.24) is 19.5 Å². The molecule has 182 valence electrons. The molecule has 1 saturated carbocycles. The molecular weight excluding hydrogens is 451 g/mol. The van der Waals surface area contributed by atoms with E-state index in [0.717, 1.165) is 11.0 Å². The van der Waals surface area contributed by atoms with Crippen LogP contribution in [0.1, 0.15) is 50.8 Å². The number of carbonyl (C=O) groups excluding carboxylic acids is 1. The lowest BCUT2D eigenvalue weighted by molar-refractivity contribution is -0.0420. The monoisotopic (exact) mass is 478 g/mol. The summed E-state index contributed by atoms with van der Waals surface area (Å²) in [5.41, 5.74) is -0.268. The summed E-state index contributed by atoms with van der Waals surface area (Å²) >= 11 is 0. The molecule has 0 unspecified atom stereocenters. The normalized spacial score (nSPS) is 24.7. The van der Waals surface area contributed by atoms with E-state index in [4.69, 9.17) is 4.74 Å². The van der Waals surface area contributed by atoms with E-state index in [1.54, 1.807) is 38.4 Å². The SMILES string of the molecule is CC(C)(O)c1cnc(N2C[C@]3(CCC[C@@](CF)(Cn4cnc5ccc(C#N)cc54)C3)OC2=O)cn1. The van der Waals surface area contributed by atoms with Crippen LogP contribution in [0.2, 0.25) is 0 Å². The number of nitrogens with zero attached hydrogens (tertiary/aromatic N) is 6. The minimum atomic E-state index is -1.14. The summed E-state index contributed by atoms with van der Waals surface area (Å²) in [5, 5.41) is 19.4. The third-order valence-electron chi connectivity index (χ3n) is 7.09. The molecule has 3 heterocycles. The van der Waals surface area contributed by atoms with E-state index < -0.39 is 29.4 Å². The highest BCUT2D eigenvalue weighted by Crippen LogP contribution is 2.48. The van der Waals surface area contributed by atoms with Gasteiger partial charge in [-0.2, -0.15) is 5.26 Å². The largest absolute Gasteiger partial charge is 0.441 e. The predicted molar refractivity (Wildman–Crippen MR) is 125 cm³/mol. The van der Waals surface area contributed by atoms with Gasteiger partial charge in [-0.25, -0.2) is 14.8 Å². The molecule has 2 atom stereocenters. The number of alkyl halides is 1. The van der Waals surface area contributed by atoms with Gasteiger partial charge >= 0.3 is 6.09 Å². The molecular formula is C25H27FN6O3. The van der Waals surface area contributed by atoms with Crippen LogP contribution in [0.5, 0.6) is 0 Å². The van der Waals surface area contributed by atoms with Gasteiger partial charge in [0.15, 0.2) is 5.82 Å². The lowest BCUT2D eigenvalue weighted by atomic mass is 9.68. The molecule has 0 radical (unpaired) electrons. The Morgan fingerprint density at radius 2 is 2.09 bits per heavy atom. The number of amides is 1. The second kappa shape index (κ2) is 8.27. The van der Waals surface area contributed by atoms with Crippen molar-refractivity contribution in [2.45, 2.75) is 57.3 Å². The van der Waals surface area contributed by atoms with E-state index in [1.807, 2.05) is 4.57 Å². The molecule has 2 aromatic heterocycles. The van der Waals surface area contributed by atoms with Crippen LogP contribution in [0.25, 0.3) is 11.0 Å². The van der Waals surface area contributed by atoms with E-state index in [0.29, 0.717) is 49.3 Å². The molecule has 3 aromatic rings. The topological polar surface area (TPSA) is 117 Å². The van der Waals surface area contributed by atoms with Crippen molar-refractivity contribution in [3.63, 3.8) is 0 Å². The van der Waals surface area contributed by atoms with E-state index >= 15 is 0 Å². The lowest BCUT2D eigenvalue weighted by Crippen LogP contribution is -2.47. The average molecular weight is 479 g/mol. The van der Waals surface area contributed by atoms with Gasteiger partial charge in [0.05, 0.1) is 60.3 Å². The minimum absolute atomic E-state index is 0.257. The van der Waals surface area contributed by atoms with Crippen molar-refractivity contribution < 1.29 is 19.0 Å². The zero-order chi connectivity index (χ0) is 24.8. The summed E-state index contributed by atoms with van der Waals surface area (Å²) in [6, 6.07) is 7.40. The number of nitriles is 1. The molecule has 1 N–H and O–H groups in total. The number of halogens is 1. The Balaban J connectivity index is 1.39. The highest BCUT2D eigenvalue weighted by molar-refractivity contribution is 5.89. The van der Waals surface area contributed by atoms with Gasteiger partial charge in [-0.05, 0) is 57.7 Å². The van der Waals surface area contributed by atoms with Gasteiger partial charge in [-0.3, -0.25) is 14.3 Å². The first-order valence-corrected chi connectivity index (χ1v) is 11.6. The van der Waals surface area contributed by atoms with Crippen LogP contribution in [0, 0.1) is 16.7 Å². The van der Waals surface area contributed by atoms with Gasteiger partial charge < -0.3 is 14.4 Å². The molecule has 1 spiro atoms. The van der Waals surface area contributed by atoms with Crippen molar-refractivity contribution >= 4 is 22.9 Å². The summed E-state index contributed by atoms with van der Waals surface area (Å²) in [6.07, 6.45) is 6.41. The smallest absolute Gasteiger partial charge is 0.416 e. The predicted octanol–water partition coefficient (Wildman–Crippen LogP) is 3.85. The van der Waals surface area contributed by atoms with Crippen LogP contribution in [-0.2, 0) is 16.9 Å². The van der Waals surface area contributed by atoms with Crippen LogP contribution in [-0.4, -0.2) is 49.5 Å². The molecule has 5 rings (SSSR count). The van der Waals surface area contributed by atoms with Crippen LogP contribution >= 0.6 is 0 Å². The molecule has 1 amide bonds. The first-order valence-electron chi connectivity index (χ1n) is 11.6. The number of imidazole rings is 1. The number of aromatic nitrogens is 4. The number of ether oxygens (including phenoxy) is 1. The maximum Gasteiger partial charge on any atom is 0.416 e. The molecule has 1 aromatic carbocycles. The van der Waals surface area contributed by atoms with Crippen molar-refractivity contribution in [3.05, 3.63) is 48.2 Å². The Morgan fingerprint density at radius 1 is 1.26 bits per heavy atom. The molecule has 0 bridgehead atoms. The Morgan fingerprint density at radius 3 is 2.77 bits per heavy atom. The Bertz CT molecular complexity index is 1310. The Kier molecular flexibility index (Phi) is 5.48. The van der Waals surface area contributed by atoms with E-state index in [-0.39, 0.29) is 6.54 Å².